The van der Waals surface area contributed by atoms with Crippen LogP contribution in [0, 0.1) is 11.8 Å². The molecule has 2 heterocycles. The van der Waals surface area contributed by atoms with Crippen LogP contribution in [0.4, 0.5) is 0 Å². The molecule has 0 aromatic heterocycles. The maximum absolute atomic E-state index is 10.2. The van der Waals surface area contributed by atoms with Gasteiger partial charge in [0.25, 0.3) is 0 Å². The Kier molecular flexibility index (Phi) is 4.49. The van der Waals surface area contributed by atoms with E-state index in [1.54, 1.807) is 6.08 Å². The van der Waals surface area contributed by atoms with Gasteiger partial charge in [0.1, 0.15) is 0 Å². The van der Waals surface area contributed by atoms with Crippen LogP contribution in [0.3, 0.4) is 0 Å². The topological polar surface area (TPSA) is 57.1 Å². The van der Waals surface area contributed by atoms with Crippen molar-refractivity contribution < 1.29 is 18.1 Å². The van der Waals surface area contributed by atoms with Gasteiger partial charge >= 0.3 is 8.80 Å². The van der Waals surface area contributed by atoms with E-state index in [4.69, 9.17) is 13.3 Å². The molecule has 5 nitrogen and oxygen atoms in total. The van der Waals surface area contributed by atoms with Crippen molar-refractivity contribution in [1.82, 2.24) is 0 Å². The second-order valence-corrected chi connectivity index (χ2v) is 9.59. The van der Waals surface area contributed by atoms with Gasteiger partial charge in [-0.1, -0.05) is 13.8 Å². The highest BCUT2D eigenvalue weighted by Gasteiger charge is 2.65. The first-order valence-corrected chi connectivity index (χ1v) is 9.72. The highest BCUT2D eigenvalue weighted by Crippen LogP contribution is 2.52. The van der Waals surface area contributed by atoms with Crippen LogP contribution in [-0.2, 0) is 18.1 Å². The van der Waals surface area contributed by atoms with Crippen LogP contribution in [-0.4, -0.2) is 38.7 Å². The van der Waals surface area contributed by atoms with E-state index in [0.717, 1.165) is 6.42 Å². The molecule has 120 valence electrons. The van der Waals surface area contributed by atoms with Gasteiger partial charge in [0.2, 0.25) is 6.08 Å². The second kappa shape index (κ2) is 5.59. The molecule has 0 saturated carbocycles. The Balaban J connectivity index is 2.26. The first-order chi connectivity index (χ1) is 9.67. The number of fused-ring (bicyclic) bond motifs is 2. The zero-order valence-corrected chi connectivity index (χ0v) is 14.9. The van der Waals surface area contributed by atoms with E-state index in [1.165, 1.54) is 0 Å². The van der Waals surface area contributed by atoms with E-state index in [2.05, 4.69) is 46.5 Å². The normalized spacial score (nSPS) is 45.0. The third-order valence-corrected chi connectivity index (χ3v) is 8.77. The zero-order chi connectivity index (χ0) is 15.9. The minimum absolute atomic E-state index is 0.114. The summed E-state index contributed by atoms with van der Waals surface area (Å²) in [5, 5.41) is 0. The fourth-order valence-corrected chi connectivity index (χ4v) is 7.42. The number of hydrogen-bond donors (Lipinski definition) is 0. The largest absolute Gasteiger partial charge is 0.502 e. The maximum Gasteiger partial charge on any atom is 0.502 e. The third-order valence-electron chi connectivity index (χ3n) is 5.49. The Morgan fingerprint density at radius 1 is 1.19 bits per heavy atom. The first-order valence-electron chi connectivity index (χ1n) is 7.79. The Hall–Kier alpha value is -0.523. The summed E-state index contributed by atoms with van der Waals surface area (Å²) in [6, 6.07) is 0.695. The van der Waals surface area contributed by atoms with Crippen LogP contribution in [0.1, 0.15) is 48.0 Å². The quantitative estimate of drug-likeness (QED) is 0.346. The highest BCUT2D eigenvalue weighted by atomic mass is 28.4. The number of rotatable bonds is 4. The zero-order valence-electron chi connectivity index (χ0n) is 13.9. The molecule has 2 rings (SSSR count). The van der Waals surface area contributed by atoms with E-state index < -0.39 is 8.80 Å². The van der Waals surface area contributed by atoms with Crippen molar-refractivity contribution in [2.24, 2.45) is 16.8 Å². The third kappa shape index (κ3) is 2.88. The van der Waals surface area contributed by atoms with Crippen LogP contribution >= 0.6 is 0 Å². The van der Waals surface area contributed by atoms with E-state index in [1.807, 2.05) is 0 Å². The Bertz CT molecular complexity index is 451. The first kappa shape index (κ1) is 16.8. The molecule has 5 atom stereocenters. The summed E-state index contributed by atoms with van der Waals surface area (Å²) in [4.78, 5) is 13.8. The van der Waals surface area contributed by atoms with Crippen LogP contribution < -0.4 is 0 Å². The fourth-order valence-electron chi connectivity index (χ4n) is 3.59. The monoisotopic (exact) mass is 313 g/mol. The molecule has 0 radical (unpaired) electrons. The molecule has 2 aliphatic rings. The number of aliphatic imine (C=N–C) groups is 1. The van der Waals surface area contributed by atoms with E-state index >= 15 is 0 Å². The number of carbonyl (C=O) groups excluding carboxylic acids is 1. The van der Waals surface area contributed by atoms with Gasteiger partial charge in [-0.3, -0.25) is 0 Å². The van der Waals surface area contributed by atoms with Gasteiger partial charge in [0, 0.05) is 17.9 Å². The summed E-state index contributed by atoms with van der Waals surface area (Å²) in [5.74, 6) is 0.587. The van der Waals surface area contributed by atoms with E-state index in [-0.39, 0.29) is 23.2 Å². The van der Waals surface area contributed by atoms with Gasteiger partial charge in [-0.05, 0) is 34.1 Å². The molecule has 1 unspecified atom stereocenters. The molecule has 0 aromatic carbocycles. The van der Waals surface area contributed by atoms with Gasteiger partial charge in [-0.25, -0.2) is 9.79 Å². The van der Waals surface area contributed by atoms with Gasteiger partial charge in [-0.2, -0.15) is 0 Å². The second-order valence-electron chi connectivity index (χ2n) is 7.08. The highest BCUT2D eigenvalue weighted by molar-refractivity contribution is 6.61. The van der Waals surface area contributed by atoms with Crippen LogP contribution in [0.2, 0.25) is 6.04 Å². The predicted molar refractivity (Wildman–Crippen MR) is 81.7 cm³/mol. The van der Waals surface area contributed by atoms with Crippen LogP contribution in [0.15, 0.2) is 4.99 Å². The predicted octanol–water partition coefficient (Wildman–Crippen LogP) is 2.93. The summed E-state index contributed by atoms with van der Waals surface area (Å²) < 4.78 is 19.1. The molecule has 2 saturated heterocycles. The van der Waals surface area contributed by atoms with Crippen molar-refractivity contribution in [2.45, 2.75) is 71.3 Å². The van der Waals surface area contributed by atoms with Crippen molar-refractivity contribution >= 4 is 14.9 Å². The molecular formula is C15H27NO4Si. The van der Waals surface area contributed by atoms with Gasteiger partial charge in [-0.15, -0.1) is 0 Å². The molecule has 6 heteroatoms. The van der Waals surface area contributed by atoms with Gasteiger partial charge in [0.05, 0.1) is 23.9 Å². The number of nitrogens with zero attached hydrogens (tertiary/aromatic N) is 1. The van der Waals surface area contributed by atoms with Crippen molar-refractivity contribution in [3.63, 3.8) is 0 Å². The molecule has 0 spiro atoms. The minimum Gasteiger partial charge on any atom is -0.370 e. The Morgan fingerprint density at radius 3 is 2.48 bits per heavy atom. The fraction of sp³-hybridized carbons (Fsp3) is 0.933. The molecule has 0 aliphatic carbocycles. The summed E-state index contributed by atoms with van der Waals surface area (Å²) in [6.45, 7) is 13.4. The van der Waals surface area contributed by atoms with E-state index in [0.29, 0.717) is 18.5 Å². The maximum atomic E-state index is 10.2. The summed E-state index contributed by atoms with van der Waals surface area (Å²) in [5.41, 5.74) is -0.513. The lowest BCUT2D eigenvalue weighted by Crippen LogP contribution is -2.73. The molecule has 0 aromatic rings. The lowest BCUT2D eigenvalue weighted by Gasteiger charge is -2.62. The molecule has 21 heavy (non-hydrogen) atoms. The molecule has 2 fully saturated rings. The summed E-state index contributed by atoms with van der Waals surface area (Å²) >= 11 is 0. The lowest BCUT2D eigenvalue weighted by molar-refractivity contribution is -0.242. The van der Waals surface area contributed by atoms with Crippen molar-refractivity contribution in [2.75, 3.05) is 6.54 Å². The van der Waals surface area contributed by atoms with Crippen molar-refractivity contribution in [3.05, 3.63) is 0 Å². The molecule has 2 bridgehead atoms. The molecule has 2 aliphatic heterocycles. The standard InChI is InChI=1S/C15H27NO4Si/c1-11-12(2)18-21(9-7-8-16-10-17)19-14(4,5)13(3)15(11,6)20-21/h11-13H,7-9H2,1-6H3/t11-,12+,13+,15+,21?/m1/s1. The number of isocyanates is 1. The summed E-state index contributed by atoms with van der Waals surface area (Å²) in [6.07, 6.45) is 2.41. The average Bonchev–Trinajstić information content (AvgIpc) is 2.39. The van der Waals surface area contributed by atoms with Gasteiger partial charge in [0.15, 0.2) is 0 Å². The minimum atomic E-state index is -2.73. The molecular weight excluding hydrogens is 286 g/mol. The van der Waals surface area contributed by atoms with Crippen LogP contribution in [0.25, 0.3) is 0 Å². The SMILES string of the molecule is C[C@@H]1O[Si]2(CCCN=C=O)OC(C)(C)[C@H](C)[C@@](C)(O2)[C@@H]1C. The van der Waals surface area contributed by atoms with E-state index in [9.17, 15) is 4.79 Å². The van der Waals surface area contributed by atoms with Crippen molar-refractivity contribution in [1.29, 1.82) is 0 Å². The molecule has 0 N–H and O–H groups in total. The number of hydrogen-bond acceptors (Lipinski definition) is 5. The Labute approximate surface area is 128 Å². The molecule has 0 amide bonds. The van der Waals surface area contributed by atoms with Gasteiger partial charge < -0.3 is 13.3 Å². The van der Waals surface area contributed by atoms with Crippen LogP contribution in [0.5, 0.6) is 0 Å². The van der Waals surface area contributed by atoms with Crippen molar-refractivity contribution in [3.8, 4) is 0 Å². The smallest absolute Gasteiger partial charge is 0.370 e. The average molecular weight is 313 g/mol. The Morgan fingerprint density at radius 2 is 1.86 bits per heavy atom. The summed E-state index contributed by atoms with van der Waals surface area (Å²) in [7, 11) is -2.73. The lowest BCUT2D eigenvalue weighted by atomic mass is 9.71.